The fourth-order valence-electron chi connectivity index (χ4n) is 3.91. The molecule has 3 aromatic carbocycles. The molecule has 1 aliphatic rings. The molecule has 1 atom stereocenters. The highest BCUT2D eigenvalue weighted by Crippen LogP contribution is 2.30. The van der Waals surface area contributed by atoms with E-state index in [1.165, 1.54) is 4.90 Å². The Bertz CT molecular complexity index is 1160. The summed E-state index contributed by atoms with van der Waals surface area (Å²) in [5, 5.41) is 0. The highest BCUT2D eigenvalue weighted by atomic mass is 16.6. The van der Waals surface area contributed by atoms with Gasteiger partial charge in [-0.15, -0.1) is 4.99 Å². The van der Waals surface area contributed by atoms with E-state index >= 15 is 0 Å². The molecule has 4 rings (SSSR count). The van der Waals surface area contributed by atoms with E-state index in [0.717, 1.165) is 22.3 Å². The van der Waals surface area contributed by atoms with Gasteiger partial charge in [0.15, 0.2) is 0 Å². The Hall–Kier alpha value is -4.13. The minimum atomic E-state index is -0.773. The first-order chi connectivity index (χ1) is 16.5. The van der Waals surface area contributed by atoms with Crippen molar-refractivity contribution in [3.05, 3.63) is 107 Å². The monoisotopic (exact) mass is 457 g/mol. The zero-order valence-corrected chi connectivity index (χ0v) is 19.3. The van der Waals surface area contributed by atoms with Gasteiger partial charge in [-0.2, -0.15) is 0 Å². The van der Waals surface area contributed by atoms with E-state index in [0.29, 0.717) is 6.54 Å². The third-order valence-corrected chi connectivity index (χ3v) is 5.66. The molecule has 34 heavy (non-hydrogen) atoms. The molecule has 0 spiro atoms. The van der Waals surface area contributed by atoms with Crippen LogP contribution < -0.4 is 0 Å². The smallest absolute Gasteiger partial charge is 0.437 e. The van der Waals surface area contributed by atoms with Crippen LogP contribution in [-0.4, -0.2) is 35.0 Å². The van der Waals surface area contributed by atoms with Crippen LogP contribution in [0.4, 0.5) is 9.59 Å². The van der Waals surface area contributed by atoms with Crippen LogP contribution in [0.15, 0.2) is 89.9 Å². The van der Waals surface area contributed by atoms with E-state index < -0.39 is 18.2 Å². The van der Waals surface area contributed by atoms with Gasteiger partial charge in [-0.3, -0.25) is 0 Å². The van der Waals surface area contributed by atoms with Crippen LogP contribution in [0.25, 0.3) is 0 Å². The summed E-state index contributed by atoms with van der Waals surface area (Å²) in [6, 6.07) is 26.3. The second-order valence-electron chi connectivity index (χ2n) is 8.09. The lowest BCUT2D eigenvalue weighted by atomic mass is 10.0. The molecule has 0 aromatic heterocycles. The van der Waals surface area contributed by atoms with Crippen LogP contribution in [0, 0.1) is 0 Å². The normalized spacial score (nSPS) is 16.5. The standard InChI is InChI=1S/C27H27N3O4/c1-20-24-16-10-9-15-23(24)17-29(2)25(28-26(31)33-18-21-11-5-3-6-12-21)30(20)27(32)34-19-22-13-7-4-8-14-22/h3-16,20H,17-19H2,1-2H3/b28-25+. The van der Waals surface area contributed by atoms with Crippen molar-refractivity contribution in [1.29, 1.82) is 0 Å². The third-order valence-electron chi connectivity index (χ3n) is 5.66. The van der Waals surface area contributed by atoms with Crippen LogP contribution in [0.3, 0.4) is 0 Å². The summed E-state index contributed by atoms with van der Waals surface area (Å²) in [4.78, 5) is 33.3. The largest absolute Gasteiger partial charge is 0.444 e. The Morgan fingerprint density at radius 1 is 0.853 bits per heavy atom. The fraction of sp³-hybridized carbons (Fsp3) is 0.222. The number of carbonyl (C=O) groups is 2. The van der Waals surface area contributed by atoms with Crippen molar-refractivity contribution < 1.29 is 19.1 Å². The minimum absolute atomic E-state index is 0.0917. The van der Waals surface area contributed by atoms with Gasteiger partial charge in [0, 0.05) is 13.6 Å². The van der Waals surface area contributed by atoms with Gasteiger partial charge >= 0.3 is 12.2 Å². The number of ether oxygens (including phenoxy) is 2. The van der Waals surface area contributed by atoms with Crippen LogP contribution in [0.2, 0.25) is 0 Å². The number of aliphatic imine (C=N–C) groups is 1. The van der Waals surface area contributed by atoms with Gasteiger partial charge in [0.1, 0.15) is 13.2 Å². The molecule has 0 saturated heterocycles. The maximum atomic E-state index is 13.3. The SMILES string of the molecule is CC1c2ccccc2CN(C)/C(=N\C(=O)OCc2ccccc2)N1C(=O)OCc1ccccc1. The van der Waals surface area contributed by atoms with Crippen LogP contribution in [-0.2, 0) is 29.2 Å². The number of carbonyl (C=O) groups excluding carboxylic acids is 2. The highest BCUT2D eigenvalue weighted by Gasteiger charge is 2.35. The average molecular weight is 458 g/mol. The predicted molar refractivity (Wildman–Crippen MR) is 129 cm³/mol. The molecule has 0 saturated carbocycles. The number of rotatable bonds is 4. The number of fused-ring (bicyclic) bond motifs is 1. The average Bonchev–Trinajstić information content (AvgIpc) is 2.96. The van der Waals surface area contributed by atoms with Gasteiger partial charge in [-0.1, -0.05) is 84.9 Å². The first-order valence-corrected chi connectivity index (χ1v) is 11.1. The molecular formula is C27H27N3O4. The van der Waals surface area contributed by atoms with E-state index in [-0.39, 0.29) is 19.2 Å². The fourth-order valence-corrected chi connectivity index (χ4v) is 3.91. The molecule has 0 aliphatic carbocycles. The summed E-state index contributed by atoms with van der Waals surface area (Å²) in [7, 11) is 1.79. The molecule has 7 heteroatoms. The zero-order chi connectivity index (χ0) is 23.9. The van der Waals surface area contributed by atoms with E-state index in [2.05, 4.69) is 4.99 Å². The molecule has 1 aliphatic heterocycles. The van der Waals surface area contributed by atoms with E-state index in [1.54, 1.807) is 11.9 Å². The molecule has 3 aromatic rings. The van der Waals surface area contributed by atoms with Crippen molar-refractivity contribution in [1.82, 2.24) is 9.80 Å². The number of nitrogens with zero attached hydrogens (tertiary/aromatic N) is 3. The number of amides is 2. The molecule has 0 N–H and O–H groups in total. The molecule has 1 heterocycles. The maximum absolute atomic E-state index is 13.3. The Labute approximate surface area is 199 Å². The lowest BCUT2D eigenvalue weighted by molar-refractivity contribution is 0.104. The first-order valence-electron chi connectivity index (χ1n) is 11.1. The summed E-state index contributed by atoms with van der Waals surface area (Å²) in [6.07, 6.45) is -1.36. The van der Waals surface area contributed by atoms with Gasteiger partial charge in [0.2, 0.25) is 5.96 Å². The van der Waals surface area contributed by atoms with Gasteiger partial charge < -0.3 is 14.4 Å². The van der Waals surface area contributed by atoms with Crippen LogP contribution in [0.5, 0.6) is 0 Å². The molecule has 0 radical (unpaired) electrons. The summed E-state index contributed by atoms with van der Waals surface area (Å²) in [5.74, 6) is 0.180. The zero-order valence-electron chi connectivity index (χ0n) is 19.3. The first kappa shape index (κ1) is 23.0. The van der Waals surface area contributed by atoms with Crippen LogP contribution >= 0.6 is 0 Å². The second kappa shape index (κ2) is 10.7. The van der Waals surface area contributed by atoms with E-state index in [1.807, 2.05) is 91.9 Å². The summed E-state index contributed by atoms with van der Waals surface area (Å²) in [6.45, 7) is 2.58. The highest BCUT2D eigenvalue weighted by molar-refractivity contribution is 5.99. The minimum Gasteiger partial charge on any atom is -0.444 e. The van der Waals surface area contributed by atoms with E-state index in [4.69, 9.17) is 9.47 Å². The number of hydrogen-bond acceptors (Lipinski definition) is 4. The Kier molecular flexibility index (Phi) is 7.22. The van der Waals surface area contributed by atoms with Crippen LogP contribution in [0.1, 0.15) is 35.2 Å². The van der Waals surface area contributed by atoms with Gasteiger partial charge in [-0.05, 0) is 29.2 Å². The number of benzene rings is 3. The lowest BCUT2D eigenvalue weighted by Crippen LogP contribution is -2.45. The van der Waals surface area contributed by atoms with Gasteiger partial charge in [0.25, 0.3) is 0 Å². The maximum Gasteiger partial charge on any atom is 0.437 e. The quantitative estimate of drug-likeness (QED) is 0.516. The molecule has 174 valence electrons. The summed E-state index contributed by atoms with van der Waals surface area (Å²) < 4.78 is 11.0. The molecule has 0 bridgehead atoms. The topological polar surface area (TPSA) is 71.4 Å². The van der Waals surface area contributed by atoms with E-state index in [9.17, 15) is 9.59 Å². The third kappa shape index (κ3) is 5.43. The van der Waals surface area contributed by atoms with Crippen molar-refractivity contribution in [3.63, 3.8) is 0 Å². The Balaban J connectivity index is 1.60. The predicted octanol–water partition coefficient (Wildman–Crippen LogP) is 5.52. The molecule has 2 amide bonds. The van der Waals surface area contributed by atoms with Crippen molar-refractivity contribution in [3.8, 4) is 0 Å². The molecule has 1 unspecified atom stereocenters. The lowest BCUT2D eigenvalue weighted by Gasteiger charge is -2.30. The molecule has 7 nitrogen and oxygen atoms in total. The van der Waals surface area contributed by atoms with Crippen molar-refractivity contribution in [2.45, 2.75) is 32.7 Å². The second-order valence-corrected chi connectivity index (χ2v) is 8.09. The van der Waals surface area contributed by atoms with Gasteiger partial charge in [0.05, 0.1) is 6.04 Å². The van der Waals surface area contributed by atoms with Crippen molar-refractivity contribution in [2.24, 2.45) is 4.99 Å². The Morgan fingerprint density at radius 2 is 1.41 bits per heavy atom. The number of hydrogen-bond donors (Lipinski definition) is 0. The van der Waals surface area contributed by atoms with Crippen molar-refractivity contribution >= 4 is 18.1 Å². The van der Waals surface area contributed by atoms with Gasteiger partial charge in [-0.25, -0.2) is 14.5 Å². The number of guanidine groups is 1. The Morgan fingerprint density at radius 3 is 2.06 bits per heavy atom. The summed E-state index contributed by atoms with van der Waals surface area (Å²) >= 11 is 0. The molecule has 0 fully saturated rings. The van der Waals surface area contributed by atoms with Crippen molar-refractivity contribution in [2.75, 3.05) is 7.05 Å². The molecular weight excluding hydrogens is 430 g/mol. The summed E-state index contributed by atoms with van der Waals surface area (Å²) in [5.41, 5.74) is 3.73.